The zero-order chi connectivity index (χ0) is 9.84. The smallest absolute Gasteiger partial charge is 0.222 e. The molecule has 72 valence electrons. The lowest BCUT2D eigenvalue weighted by molar-refractivity contribution is 0.262. The molecule has 0 spiro atoms. The molecule has 0 atom stereocenters. The van der Waals surface area contributed by atoms with Crippen molar-refractivity contribution >= 4 is 11.6 Å². The highest BCUT2D eigenvalue weighted by molar-refractivity contribution is 6.32. The number of aromatic nitrogens is 1. The van der Waals surface area contributed by atoms with Gasteiger partial charge in [-0.05, 0) is 0 Å². The minimum Gasteiger partial charge on any atom is -0.495 e. The zero-order valence-corrected chi connectivity index (χ0v) is 8.13. The van der Waals surface area contributed by atoms with Gasteiger partial charge < -0.3 is 14.6 Å². The average Bonchev–Trinajstić information content (AvgIpc) is 2.17. The van der Waals surface area contributed by atoms with Crippen molar-refractivity contribution in [2.24, 2.45) is 0 Å². The second-order valence-corrected chi connectivity index (χ2v) is 2.69. The molecule has 0 unspecified atom stereocenters. The van der Waals surface area contributed by atoms with Crippen LogP contribution in [-0.4, -0.2) is 24.3 Å². The molecule has 1 heterocycles. The van der Waals surface area contributed by atoms with Crippen molar-refractivity contribution in [2.45, 2.75) is 6.61 Å². The normalized spacial score (nSPS) is 9.85. The maximum absolute atomic E-state index is 9.03. The van der Waals surface area contributed by atoms with E-state index in [1.54, 1.807) is 0 Å². The van der Waals surface area contributed by atoms with Crippen molar-refractivity contribution in [1.29, 1.82) is 0 Å². The molecule has 1 N–H and O–H groups in total. The Morgan fingerprint density at radius 3 is 2.62 bits per heavy atom. The summed E-state index contributed by atoms with van der Waals surface area (Å²) in [6.07, 6.45) is 1.42. The molecule has 0 aliphatic heterocycles. The Bertz CT molecular complexity index is 304. The Balaban J connectivity index is 3.27. The van der Waals surface area contributed by atoms with Crippen molar-refractivity contribution in [3.8, 4) is 11.6 Å². The van der Waals surface area contributed by atoms with E-state index in [-0.39, 0.29) is 6.61 Å². The second-order valence-electron chi connectivity index (χ2n) is 2.29. The summed E-state index contributed by atoms with van der Waals surface area (Å²) in [5.41, 5.74) is 0.456. The number of pyridine rings is 1. The summed E-state index contributed by atoms with van der Waals surface area (Å²) >= 11 is 5.78. The minimum atomic E-state index is -0.222. The van der Waals surface area contributed by atoms with E-state index >= 15 is 0 Å². The molecule has 1 rings (SSSR count). The van der Waals surface area contributed by atoms with Crippen LogP contribution in [0, 0.1) is 0 Å². The number of aliphatic hydroxyl groups is 1. The average molecular weight is 204 g/mol. The molecule has 0 radical (unpaired) electrons. The fourth-order valence-electron chi connectivity index (χ4n) is 1.03. The van der Waals surface area contributed by atoms with Crippen molar-refractivity contribution in [3.63, 3.8) is 0 Å². The Morgan fingerprint density at radius 1 is 1.46 bits per heavy atom. The van der Waals surface area contributed by atoms with Crippen molar-refractivity contribution in [2.75, 3.05) is 14.2 Å². The third-order valence-corrected chi connectivity index (χ3v) is 1.87. The summed E-state index contributed by atoms with van der Waals surface area (Å²) in [7, 11) is 2.94. The zero-order valence-electron chi connectivity index (χ0n) is 7.37. The van der Waals surface area contributed by atoms with Gasteiger partial charge in [0.05, 0.1) is 32.6 Å². The topological polar surface area (TPSA) is 51.6 Å². The van der Waals surface area contributed by atoms with Gasteiger partial charge in [0.25, 0.3) is 0 Å². The number of methoxy groups -OCH3 is 2. The number of rotatable bonds is 3. The second kappa shape index (κ2) is 4.30. The quantitative estimate of drug-likeness (QED) is 0.803. The molecule has 0 amide bonds. The molecule has 5 heteroatoms. The maximum atomic E-state index is 9.03. The number of aliphatic hydroxyl groups excluding tert-OH is 1. The molecular weight excluding hydrogens is 194 g/mol. The molecular formula is C8H10ClNO3. The molecule has 0 saturated heterocycles. The van der Waals surface area contributed by atoms with Crippen LogP contribution in [-0.2, 0) is 6.61 Å². The first-order valence-electron chi connectivity index (χ1n) is 3.60. The maximum Gasteiger partial charge on any atom is 0.222 e. The van der Waals surface area contributed by atoms with Crippen molar-refractivity contribution in [3.05, 3.63) is 16.8 Å². The van der Waals surface area contributed by atoms with E-state index in [1.165, 1.54) is 20.4 Å². The summed E-state index contributed by atoms with van der Waals surface area (Å²) in [5.74, 6) is 0.722. The van der Waals surface area contributed by atoms with Crippen LogP contribution in [0.25, 0.3) is 0 Å². The van der Waals surface area contributed by atoms with Crippen LogP contribution in [0.2, 0.25) is 5.02 Å². The van der Waals surface area contributed by atoms with E-state index in [4.69, 9.17) is 26.2 Å². The molecule has 4 nitrogen and oxygen atoms in total. The highest BCUT2D eigenvalue weighted by Crippen LogP contribution is 2.32. The first-order valence-corrected chi connectivity index (χ1v) is 3.98. The highest BCUT2D eigenvalue weighted by Gasteiger charge is 2.13. The summed E-state index contributed by atoms with van der Waals surface area (Å²) in [6.45, 7) is -0.222. The summed E-state index contributed by atoms with van der Waals surface area (Å²) < 4.78 is 9.92. The third kappa shape index (κ3) is 1.84. The van der Waals surface area contributed by atoms with E-state index in [9.17, 15) is 0 Å². The molecule has 0 aliphatic carbocycles. The SMILES string of the molecule is COc1ncc(Cl)c(OC)c1CO. The number of ether oxygens (including phenoxy) is 2. The van der Waals surface area contributed by atoms with Gasteiger partial charge in [-0.15, -0.1) is 0 Å². The fourth-order valence-corrected chi connectivity index (χ4v) is 1.27. The number of hydrogen-bond donors (Lipinski definition) is 1. The molecule has 0 fully saturated rings. The lowest BCUT2D eigenvalue weighted by Gasteiger charge is -2.10. The van der Waals surface area contributed by atoms with Crippen LogP contribution in [0.1, 0.15) is 5.56 Å². The van der Waals surface area contributed by atoms with Crippen LogP contribution in [0.5, 0.6) is 11.6 Å². The molecule has 0 saturated carbocycles. The summed E-state index contributed by atoms with van der Waals surface area (Å²) in [6, 6.07) is 0. The largest absolute Gasteiger partial charge is 0.495 e. The molecule has 0 bridgehead atoms. The van der Waals surface area contributed by atoms with Crippen molar-refractivity contribution < 1.29 is 14.6 Å². The van der Waals surface area contributed by atoms with Gasteiger partial charge in [0.15, 0.2) is 0 Å². The molecule has 13 heavy (non-hydrogen) atoms. The van der Waals surface area contributed by atoms with Gasteiger partial charge in [-0.25, -0.2) is 4.98 Å². The van der Waals surface area contributed by atoms with Crippen LogP contribution in [0.15, 0.2) is 6.20 Å². The Labute approximate surface area is 81.1 Å². The van der Waals surface area contributed by atoms with Gasteiger partial charge in [0.1, 0.15) is 10.8 Å². The monoisotopic (exact) mass is 203 g/mol. The lowest BCUT2D eigenvalue weighted by Crippen LogP contribution is -1.99. The molecule has 1 aromatic heterocycles. The molecule has 0 aliphatic rings. The standard InChI is InChI=1S/C8H10ClNO3/c1-12-7-5(4-11)8(13-2)10-3-6(7)9/h3,11H,4H2,1-2H3. The Morgan fingerprint density at radius 2 is 2.15 bits per heavy atom. The predicted molar refractivity (Wildman–Crippen MR) is 48.3 cm³/mol. The lowest BCUT2D eigenvalue weighted by atomic mass is 10.2. The Kier molecular flexibility index (Phi) is 3.33. The highest BCUT2D eigenvalue weighted by atomic mass is 35.5. The van der Waals surface area contributed by atoms with E-state index < -0.39 is 0 Å². The van der Waals surface area contributed by atoms with E-state index in [0.717, 1.165) is 0 Å². The van der Waals surface area contributed by atoms with Crippen molar-refractivity contribution in [1.82, 2.24) is 4.98 Å². The van der Waals surface area contributed by atoms with Crippen LogP contribution in [0.4, 0.5) is 0 Å². The number of hydrogen-bond acceptors (Lipinski definition) is 4. The molecule has 1 aromatic rings. The Hall–Kier alpha value is -1.00. The predicted octanol–water partition coefficient (Wildman–Crippen LogP) is 1.24. The van der Waals surface area contributed by atoms with E-state index in [2.05, 4.69) is 4.98 Å². The van der Waals surface area contributed by atoms with E-state index in [1.807, 2.05) is 0 Å². The number of halogens is 1. The summed E-state index contributed by atoms with van der Waals surface area (Å²) in [4.78, 5) is 3.88. The first kappa shape index (κ1) is 10.1. The fraction of sp³-hybridized carbons (Fsp3) is 0.375. The van der Waals surface area contributed by atoms with Gasteiger partial charge in [-0.3, -0.25) is 0 Å². The number of nitrogens with zero attached hydrogens (tertiary/aromatic N) is 1. The van der Waals surface area contributed by atoms with Crippen LogP contribution < -0.4 is 9.47 Å². The molecule has 0 aromatic carbocycles. The first-order chi connectivity index (χ1) is 6.24. The minimum absolute atomic E-state index is 0.222. The van der Waals surface area contributed by atoms with E-state index in [0.29, 0.717) is 22.2 Å². The third-order valence-electron chi connectivity index (χ3n) is 1.60. The van der Waals surface area contributed by atoms with Crippen LogP contribution >= 0.6 is 11.6 Å². The van der Waals surface area contributed by atoms with Gasteiger partial charge in [-0.1, -0.05) is 11.6 Å². The van der Waals surface area contributed by atoms with Gasteiger partial charge in [-0.2, -0.15) is 0 Å². The van der Waals surface area contributed by atoms with Gasteiger partial charge in [0, 0.05) is 0 Å². The van der Waals surface area contributed by atoms with Gasteiger partial charge >= 0.3 is 0 Å². The summed E-state index contributed by atoms with van der Waals surface area (Å²) in [5, 5.41) is 9.38. The van der Waals surface area contributed by atoms with Crippen LogP contribution in [0.3, 0.4) is 0 Å². The van der Waals surface area contributed by atoms with Gasteiger partial charge in [0.2, 0.25) is 5.88 Å².